The van der Waals surface area contributed by atoms with Crippen LogP contribution in [0, 0.1) is 5.82 Å². The first-order valence-corrected chi connectivity index (χ1v) is 7.09. The van der Waals surface area contributed by atoms with Crippen LogP contribution < -0.4 is 5.11 Å². The van der Waals surface area contributed by atoms with Crippen molar-refractivity contribution in [3.8, 4) is 5.69 Å². The summed E-state index contributed by atoms with van der Waals surface area (Å²) in [5, 5.41) is 16.0. The molecule has 21 heavy (non-hydrogen) atoms. The molecule has 1 fully saturated rings. The zero-order chi connectivity index (χ0) is 15.1. The minimum absolute atomic E-state index is 0.0545. The lowest BCUT2D eigenvalue weighted by atomic mass is 10.0. The first kappa shape index (κ1) is 13.8. The van der Waals surface area contributed by atoms with Gasteiger partial charge in [0.05, 0.1) is 23.0 Å². The smallest absolute Gasteiger partial charge is 0.125 e. The molecule has 0 spiro atoms. The van der Waals surface area contributed by atoms with Gasteiger partial charge in [0.1, 0.15) is 5.82 Å². The van der Waals surface area contributed by atoms with E-state index in [0.717, 1.165) is 12.8 Å². The molecule has 0 unspecified atom stereocenters. The lowest BCUT2D eigenvalue weighted by Crippen LogP contribution is -2.25. The fraction of sp³-hybridized carbons (Fsp3) is 0.375. The minimum atomic E-state index is -1.21. The molecule has 1 aromatic heterocycles. The van der Waals surface area contributed by atoms with Crippen LogP contribution in [0.25, 0.3) is 5.69 Å². The highest BCUT2D eigenvalue weighted by molar-refractivity contribution is 5.89. The average molecular weight is 287 g/mol. The number of carbonyl (C=O) groups excluding carboxylic acids is 1. The van der Waals surface area contributed by atoms with Gasteiger partial charge in [-0.2, -0.15) is 5.10 Å². The number of halogens is 1. The number of carboxylic acid groups (broad SMARTS) is 1. The van der Waals surface area contributed by atoms with Crippen LogP contribution in [0.1, 0.15) is 60.3 Å². The van der Waals surface area contributed by atoms with Crippen molar-refractivity contribution in [2.45, 2.75) is 38.5 Å². The Balaban J connectivity index is 2.24. The Labute approximate surface area is 122 Å². The van der Waals surface area contributed by atoms with Crippen molar-refractivity contribution in [1.82, 2.24) is 9.78 Å². The van der Waals surface area contributed by atoms with Crippen LogP contribution in [0.3, 0.4) is 0 Å². The van der Waals surface area contributed by atoms with Gasteiger partial charge in [-0.05, 0) is 37.0 Å². The second-order valence-corrected chi connectivity index (χ2v) is 5.75. The van der Waals surface area contributed by atoms with E-state index in [9.17, 15) is 14.3 Å². The zero-order valence-corrected chi connectivity index (χ0v) is 12.0. The number of aromatic nitrogens is 2. The lowest BCUT2D eigenvalue weighted by Gasteiger charge is -2.13. The van der Waals surface area contributed by atoms with E-state index in [1.807, 2.05) is 13.8 Å². The van der Waals surface area contributed by atoms with Gasteiger partial charge in [-0.1, -0.05) is 19.9 Å². The molecule has 1 aliphatic rings. The van der Waals surface area contributed by atoms with E-state index in [4.69, 9.17) is 0 Å². The molecule has 1 heterocycles. The predicted octanol–water partition coefficient (Wildman–Crippen LogP) is 2.38. The number of benzene rings is 1. The van der Waals surface area contributed by atoms with Gasteiger partial charge in [0.2, 0.25) is 0 Å². The fourth-order valence-electron chi connectivity index (χ4n) is 2.64. The third-order valence-electron chi connectivity index (χ3n) is 3.72. The summed E-state index contributed by atoms with van der Waals surface area (Å²) in [6, 6.07) is 6.02. The lowest BCUT2D eigenvalue weighted by molar-refractivity contribution is -0.255. The molecule has 1 saturated carbocycles. The largest absolute Gasteiger partial charge is 0.545 e. The van der Waals surface area contributed by atoms with Crippen molar-refractivity contribution in [2.75, 3.05) is 0 Å². The third-order valence-corrected chi connectivity index (χ3v) is 3.72. The van der Waals surface area contributed by atoms with Crippen LogP contribution in [0.4, 0.5) is 4.39 Å². The molecule has 4 nitrogen and oxygen atoms in total. The van der Waals surface area contributed by atoms with Crippen molar-refractivity contribution in [2.24, 2.45) is 0 Å². The molecule has 0 amide bonds. The molecule has 0 atom stereocenters. The topological polar surface area (TPSA) is 57.9 Å². The van der Waals surface area contributed by atoms with Crippen LogP contribution >= 0.6 is 0 Å². The van der Waals surface area contributed by atoms with Crippen LogP contribution in [0.5, 0.6) is 0 Å². The van der Waals surface area contributed by atoms with Gasteiger partial charge >= 0.3 is 0 Å². The van der Waals surface area contributed by atoms with E-state index in [0.29, 0.717) is 17.1 Å². The van der Waals surface area contributed by atoms with Gasteiger partial charge in [-0.15, -0.1) is 0 Å². The normalized spacial score (nSPS) is 14.7. The first-order chi connectivity index (χ1) is 9.99. The maximum absolute atomic E-state index is 13.5. The maximum Gasteiger partial charge on any atom is 0.125 e. The Bertz CT molecular complexity index is 702. The van der Waals surface area contributed by atoms with E-state index in [1.54, 1.807) is 16.8 Å². The summed E-state index contributed by atoms with van der Waals surface area (Å²) in [5.74, 6) is -1.45. The Kier molecular flexibility index (Phi) is 3.27. The van der Waals surface area contributed by atoms with Gasteiger partial charge in [0.25, 0.3) is 0 Å². The molecule has 3 rings (SSSR count). The summed E-state index contributed by atoms with van der Waals surface area (Å²) in [6.07, 6.45) is 1.88. The molecule has 0 bridgehead atoms. The van der Waals surface area contributed by atoms with Gasteiger partial charge < -0.3 is 9.90 Å². The van der Waals surface area contributed by atoms with Gasteiger partial charge in [-0.25, -0.2) is 9.07 Å². The summed E-state index contributed by atoms with van der Waals surface area (Å²) < 4.78 is 15.0. The molecular formula is C16H16FN2O2-. The highest BCUT2D eigenvalue weighted by Crippen LogP contribution is 2.43. The van der Waals surface area contributed by atoms with Gasteiger partial charge in [0, 0.05) is 11.5 Å². The summed E-state index contributed by atoms with van der Waals surface area (Å²) in [4.78, 5) is 11.6. The fourth-order valence-corrected chi connectivity index (χ4v) is 2.64. The van der Waals surface area contributed by atoms with Crippen molar-refractivity contribution < 1.29 is 14.3 Å². The first-order valence-electron chi connectivity index (χ1n) is 7.09. The highest BCUT2D eigenvalue weighted by Gasteiger charge is 2.33. The molecule has 1 aliphatic carbocycles. The third kappa shape index (κ3) is 2.44. The van der Waals surface area contributed by atoms with Crippen molar-refractivity contribution in [3.05, 3.63) is 47.0 Å². The summed E-state index contributed by atoms with van der Waals surface area (Å²) in [6.45, 7) is 3.80. The van der Waals surface area contributed by atoms with Gasteiger partial charge in [0.15, 0.2) is 0 Å². The number of nitrogens with zero attached hydrogens (tertiary/aromatic N) is 2. The molecule has 0 aliphatic heterocycles. The Morgan fingerprint density at radius 1 is 1.43 bits per heavy atom. The van der Waals surface area contributed by atoms with Crippen LogP contribution in [0.2, 0.25) is 0 Å². The second-order valence-electron chi connectivity index (χ2n) is 5.75. The van der Waals surface area contributed by atoms with Crippen LogP contribution in [-0.4, -0.2) is 15.7 Å². The SMILES string of the molecule is CC(C)c1c(C(=O)[O-])c(C2CC2)nn1-c1cccc(F)c1. The number of aromatic carboxylic acids is 1. The van der Waals surface area contributed by atoms with Crippen LogP contribution in [-0.2, 0) is 0 Å². The van der Waals surface area contributed by atoms with Crippen molar-refractivity contribution in [1.29, 1.82) is 0 Å². The number of carboxylic acids is 1. The van der Waals surface area contributed by atoms with Crippen LogP contribution in [0.15, 0.2) is 24.3 Å². The molecule has 0 saturated heterocycles. The molecule has 5 heteroatoms. The monoisotopic (exact) mass is 287 g/mol. The molecule has 1 aromatic carbocycles. The van der Waals surface area contributed by atoms with E-state index < -0.39 is 5.97 Å². The number of rotatable bonds is 4. The Morgan fingerprint density at radius 2 is 2.14 bits per heavy atom. The molecular weight excluding hydrogens is 271 g/mol. The van der Waals surface area contributed by atoms with E-state index in [2.05, 4.69) is 5.10 Å². The number of hydrogen-bond donors (Lipinski definition) is 0. The number of hydrogen-bond acceptors (Lipinski definition) is 3. The standard InChI is InChI=1S/C16H17FN2O2/c1-9(2)15-13(16(20)21)14(10-6-7-10)18-19(15)12-5-3-4-11(17)8-12/h3-5,8-10H,6-7H2,1-2H3,(H,20,21)/p-1. The molecule has 0 N–H and O–H groups in total. The predicted molar refractivity (Wildman–Crippen MR) is 73.9 cm³/mol. The Hall–Kier alpha value is -2.17. The molecule has 110 valence electrons. The van der Waals surface area contributed by atoms with E-state index >= 15 is 0 Å². The average Bonchev–Trinajstić information content (AvgIpc) is 3.17. The maximum atomic E-state index is 13.5. The summed E-state index contributed by atoms with van der Waals surface area (Å²) in [7, 11) is 0. The zero-order valence-electron chi connectivity index (χ0n) is 12.0. The second kappa shape index (κ2) is 4.98. The highest BCUT2D eigenvalue weighted by atomic mass is 19.1. The van der Waals surface area contributed by atoms with Gasteiger partial charge in [-0.3, -0.25) is 0 Å². The number of carbonyl (C=O) groups is 1. The van der Waals surface area contributed by atoms with E-state index in [-0.39, 0.29) is 23.2 Å². The molecule has 0 radical (unpaired) electrons. The molecule has 2 aromatic rings. The van der Waals surface area contributed by atoms with Crippen molar-refractivity contribution >= 4 is 5.97 Å². The summed E-state index contributed by atoms with van der Waals surface area (Å²) in [5.41, 5.74) is 1.86. The summed E-state index contributed by atoms with van der Waals surface area (Å²) >= 11 is 0. The quantitative estimate of drug-likeness (QED) is 0.867. The Morgan fingerprint density at radius 3 is 2.67 bits per heavy atom. The van der Waals surface area contributed by atoms with Crippen molar-refractivity contribution in [3.63, 3.8) is 0 Å². The van der Waals surface area contributed by atoms with E-state index in [1.165, 1.54) is 12.1 Å². The minimum Gasteiger partial charge on any atom is -0.545 e.